The Labute approximate surface area is 96.7 Å². The van der Waals surface area contributed by atoms with E-state index in [1.807, 2.05) is 0 Å². The molecule has 0 saturated carbocycles. The molecule has 1 aliphatic heterocycles. The van der Waals surface area contributed by atoms with Crippen molar-refractivity contribution in [3.8, 4) is 12.3 Å². The number of halogens is 3. The summed E-state index contributed by atoms with van der Waals surface area (Å²) in [5.74, 6) is 2.55. The zero-order chi connectivity index (χ0) is 12.6. The second kappa shape index (κ2) is 3.91. The summed E-state index contributed by atoms with van der Waals surface area (Å²) >= 11 is 0. The first-order valence-corrected chi connectivity index (χ1v) is 5.07. The summed E-state index contributed by atoms with van der Waals surface area (Å²) in [4.78, 5) is 9.11. The van der Waals surface area contributed by atoms with E-state index in [9.17, 15) is 13.2 Å². The minimum Gasteiger partial charge on any atom is -0.327 e. The van der Waals surface area contributed by atoms with Crippen LogP contribution in [0.5, 0.6) is 0 Å². The van der Waals surface area contributed by atoms with Gasteiger partial charge in [0.1, 0.15) is 5.69 Å². The fourth-order valence-corrected chi connectivity index (χ4v) is 1.63. The average molecular weight is 241 g/mol. The lowest BCUT2D eigenvalue weighted by atomic mass is 10.1. The van der Waals surface area contributed by atoms with E-state index < -0.39 is 11.9 Å². The minimum absolute atomic E-state index is 0.0616. The Hall–Kier alpha value is -1.77. The average Bonchev–Trinajstić information content (AvgIpc) is 2.14. The fraction of sp³-hybridized carbons (Fsp3) is 0.455. The number of alkyl halides is 3. The number of hydrogen-bond acceptors (Lipinski definition) is 3. The molecule has 2 heterocycles. The smallest absolute Gasteiger partial charge is 0.327 e. The van der Waals surface area contributed by atoms with Crippen LogP contribution in [0.3, 0.4) is 0 Å². The van der Waals surface area contributed by atoms with E-state index in [1.54, 1.807) is 4.90 Å². The highest BCUT2D eigenvalue weighted by atomic mass is 19.4. The van der Waals surface area contributed by atoms with Crippen LogP contribution in [0.25, 0.3) is 0 Å². The molecule has 0 aromatic carbocycles. The van der Waals surface area contributed by atoms with Crippen LogP contribution >= 0.6 is 0 Å². The highest BCUT2D eigenvalue weighted by Crippen LogP contribution is 2.30. The van der Waals surface area contributed by atoms with Crippen molar-refractivity contribution in [3.05, 3.63) is 17.5 Å². The molecule has 0 radical (unpaired) electrons. The van der Waals surface area contributed by atoms with Gasteiger partial charge in [-0.15, -0.1) is 6.42 Å². The molecule has 6 heteroatoms. The lowest BCUT2D eigenvalue weighted by molar-refractivity contribution is -0.141. The first-order chi connectivity index (χ1) is 7.91. The van der Waals surface area contributed by atoms with Gasteiger partial charge in [0, 0.05) is 12.2 Å². The molecular formula is C11H10F3N3. The molecule has 90 valence electrons. The molecule has 17 heavy (non-hydrogen) atoms. The molecule has 2 rings (SSSR count). The number of rotatable bonds is 1. The monoisotopic (exact) mass is 241 g/mol. The Kier molecular flexibility index (Phi) is 2.69. The highest BCUT2D eigenvalue weighted by Gasteiger charge is 2.35. The predicted octanol–water partition coefficient (Wildman–Crippen LogP) is 2.02. The number of aryl methyl sites for hydroxylation is 1. The Balaban J connectivity index is 2.36. The topological polar surface area (TPSA) is 29.0 Å². The second-order valence-electron chi connectivity index (χ2n) is 3.86. The van der Waals surface area contributed by atoms with Crippen LogP contribution < -0.4 is 4.90 Å². The van der Waals surface area contributed by atoms with Crippen molar-refractivity contribution in [2.75, 3.05) is 11.4 Å². The third-order valence-electron chi connectivity index (χ3n) is 2.60. The van der Waals surface area contributed by atoms with Crippen LogP contribution in [0.1, 0.15) is 17.8 Å². The predicted molar refractivity (Wildman–Crippen MR) is 56.4 cm³/mol. The third-order valence-corrected chi connectivity index (χ3v) is 2.60. The maximum absolute atomic E-state index is 12.6. The van der Waals surface area contributed by atoms with E-state index >= 15 is 0 Å². The summed E-state index contributed by atoms with van der Waals surface area (Å²) < 4.78 is 37.7. The highest BCUT2D eigenvalue weighted by molar-refractivity contribution is 5.41. The first-order valence-electron chi connectivity index (χ1n) is 5.07. The van der Waals surface area contributed by atoms with E-state index in [0.29, 0.717) is 6.54 Å². The van der Waals surface area contributed by atoms with Gasteiger partial charge in [0.15, 0.2) is 0 Å². The van der Waals surface area contributed by atoms with E-state index in [2.05, 4.69) is 15.9 Å². The zero-order valence-corrected chi connectivity index (χ0v) is 9.12. The molecule has 0 aliphatic carbocycles. The standard InChI is InChI=1S/C11H10F3N3/c1-3-8-4-5-17(8)10-15-7(2)6-9(16-10)11(12,13)14/h1,6,8H,4-5H2,2H3/t8-/m0/s1. The van der Waals surface area contributed by atoms with E-state index in [0.717, 1.165) is 12.5 Å². The van der Waals surface area contributed by atoms with Crippen LogP contribution in [0.4, 0.5) is 19.1 Å². The summed E-state index contributed by atoms with van der Waals surface area (Å²) in [6, 6.07) is 0.728. The van der Waals surface area contributed by atoms with Crippen molar-refractivity contribution in [2.45, 2.75) is 25.6 Å². The van der Waals surface area contributed by atoms with E-state index in [1.165, 1.54) is 6.92 Å². The number of aromatic nitrogens is 2. The van der Waals surface area contributed by atoms with Gasteiger partial charge in [0.25, 0.3) is 0 Å². The van der Waals surface area contributed by atoms with Crippen molar-refractivity contribution in [1.82, 2.24) is 9.97 Å². The number of anilines is 1. The molecule has 1 aromatic rings. The molecule has 1 saturated heterocycles. The molecule has 1 aromatic heterocycles. The molecule has 0 N–H and O–H groups in total. The van der Waals surface area contributed by atoms with Gasteiger partial charge in [-0.3, -0.25) is 0 Å². The summed E-state index contributed by atoms with van der Waals surface area (Å²) in [6.07, 6.45) is 1.55. The lowest BCUT2D eigenvalue weighted by Crippen LogP contribution is -2.48. The van der Waals surface area contributed by atoms with Gasteiger partial charge in [0.2, 0.25) is 5.95 Å². The van der Waals surface area contributed by atoms with Crippen LogP contribution in [-0.4, -0.2) is 22.6 Å². The number of hydrogen-bond donors (Lipinski definition) is 0. The Morgan fingerprint density at radius 1 is 1.47 bits per heavy atom. The third kappa shape index (κ3) is 2.18. The van der Waals surface area contributed by atoms with E-state index in [-0.39, 0.29) is 17.7 Å². The maximum atomic E-state index is 12.6. The first kappa shape index (κ1) is 11.7. The lowest BCUT2D eigenvalue weighted by Gasteiger charge is -2.37. The maximum Gasteiger partial charge on any atom is 0.433 e. The zero-order valence-electron chi connectivity index (χ0n) is 9.12. The fourth-order valence-electron chi connectivity index (χ4n) is 1.63. The number of nitrogens with zero attached hydrogens (tertiary/aromatic N) is 3. The van der Waals surface area contributed by atoms with Crippen LogP contribution in [-0.2, 0) is 6.18 Å². The van der Waals surface area contributed by atoms with Gasteiger partial charge in [0.05, 0.1) is 6.04 Å². The molecular weight excluding hydrogens is 231 g/mol. The summed E-state index contributed by atoms with van der Waals surface area (Å²) in [7, 11) is 0. The molecule has 0 spiro atoms. The van der Waals surface area contributed by atoms with Gasteiger partial charge < -0.3 is 4.90 Å². The van der Waals surface area contributed by atoms with Crippen molar-refractivity contribution in [2.24, 2.45) is 0 Å². The summed E-state index contributed by atoms with van der Waals surface area (Å²) in [6.45, 7) is 2.10. The summed E-state index contributed by atoms with van der Waals surface area (Å²) in [5.41, 5.74) is -0.646. The molecule has 3 nitrogen and oxygen atoms in total. The van der Waals surface area contributed by atoms with Gasteiger partial charge in [-0.2, -0.15) is 13.2 Å². The largest absolute Gasteiger partial charge is 0.433 e. The van der Waals surface area contributed by atoms with Crippen LogP contribution in [0, 0.1) is 19.3 Å². The molecule has 0 unspecified atom stereocenters. The minimum atomic E-state index is -4.46. The van der Waals surface area contributed by atoms with Crippen molar-refractivity contribution < 1.29 is 13.2 Å². The van der Waals surface area contributed by atoms with Crippen LogP contribution in [0.2, 0.25) is 0 Å². The Morgan fingerprint density at radius 3 is 2.65 bits per heavy atom. The van der Waals surface area contributed by atoms with Gasteiger partial charge in [-0.25, -0.2) is 9.97 Å². The van der Waals surface area contributed by atoms with Gasteiger partial charge in [-0.1, -0.05) is 5.92 Å². The quantitative estimate of drug-likeness (QED) is 0.704. The summed E-state index contributed by atoms with van der Waals surface area (Å²) in [5, 5.41) is 0. The molecule has 0 amide bonds. The van der Waals surface area contributed by atoms with Gasteiger partial charge in [-0.05, 0) is 19.4 Å². The molecule has 1 aliphatic rings. The van der Waals surface area contributed by atoms with E-state index in [4.69, 9.17) is 6.42 Å². The van der Waals surface area contributed by atoms with Crippen molar-refractivity contribution in [3.63, 3.8) is 0 Å². The Bertz CT molecular complexity index is 476. The molecule has 0 bridgehead atoms. The SMILES string of the molecule is C#C[C@H]1CCN1c1nc(C)cc(C(F)(F)F)n1. The van der Waals surface area contributed by atoms with Crippen LogP contribution in [0.15, 0.2) is 6.07 Å². The Morgan fingerprint density at radius 2 is 2.18 bits per heavy atom. The van der Waals surface area contributed by atoms with Crippen molar-refractivity contribution >= 4 is 5.95 Å². The van der Waals surface area contributed by atoms with Crippen molar-refractivity contribution in [1.29, 1.82) is 0 Å². The normalized spacial score (nSPS) is 19.7. The molecule has 1 atom stereocenters. The number of terminal acetylenes is 1. The second-order valence-corrected chi connectivity index (χ2v) is 3.86. The van der Waals surface area contributed by atoms with Gasteiger partial charge >= 0.3 is 6.18 Å². The molecule has 1 fully saturated rings.